The van der Waals surface area contributed by atoms with E-state index in [9.17, 15) is 18.3 Å². The quantitative estimate of drug-likeness (QED) is 0.533. The summed E-state index contributed by atoms with van der Waals surface area (Å²) >= 11 is 0. The number of furan rings is 1. The van der Waals surface area contributed by atoms with Crippen LogP contribution < -0.4 is 10.6 Å². The number of alkyl halides is 3. The maximum absolute atomic E-state index is 13.0. The predicted molar refractivity (Wildman–Crippen MR) is 89.3 cm³/mol. The molecule has 0 amide bonds. The number of aromatic nitrogens is 2. The zero-order valence-electron chi connectivity index (χ0n) is 14.8. The van der Waals surface area contributed by atoms with Crippen LogP contribution >= 0.6 is 0 Å². The van der Waals surface area contributed by atoms with Crippen LogP contribution in [0.5, 0.6) is 0 Å². The smallest absolute Gasteiger partial charge is 0.435 e. The van der Waals surface area contributed by atoms with Gasteiger partial charge in [-0.05, 0) is 26.0 Å². The first-order chi connectivity index (χ1) is 12.1. The molecule has 1 unspecified atom stereocenters. The Balaban J connectivity index is 2.10. The summed E-state index contributed by atoms with van der Waals surface area (Å²) in [7, 11) is 1.42. The van der Waals surface area contributed by atoms with Crippen molar-refractivity contribution in [3.63, 3.8) is 0 Å². The molecule has 2 rings (SSSR count). The highest BCUT2D eigenvalue weighted by molar-refractivity contribution is 5.79. The summed E-state index contributed by atoms with van der Waals surface area (Å²) in [6.07, 6.45) is -1.81. The first-order valence-corrected chi connectivity index (χ1v) is 8.01. The maximum atomic E-state index is 13.0. The Morgan fingerprint density at radius 2 is 2.12 bits per heavy atom. The molecule has 3 N–H and O–H groups in total. The number of rotatable bonds is 6. The summed E-state index contributed by atoms with van der Waals surface area (Å²) in [5.41, 5.74) is -2.29. The lowest BCUT2D eigenvalue weighted by atomic mass is 10.0. The van der Waals surface area contributed by atoms with Crippen LogP contribution in [0.1, 0.15) is 30.9 Å². The van der Waals surface area contributed by atoms with Crippen LogP contribution in [0.2, 0.25) is 0 Å². The normalized spacial score (nSPS) is 15.0. The van der Waals surface area contributed by atoms with E-state index in [2.05, 4.69) is 20.7 Å². The standard InChI is InChI=1S/C16H22F3N5O2/c1-4-20-14(22-10-15(2,25)12-6-5-7-26-12)21-8-11-9-24(3)23-13(11)16(17,18)19/h5-7,9,25H,4,8,10H2,1-3H3,(H2,20,21,22). The Labute approximate surface area is 148 Å². The lowest BCUT2D eigenvalue weighted by Crippen LogP contribution is -2.44. The van der Waals surface area contributed by atoms with Gasteiger partial charge in [0.15, 0.2) is 11.7 Å². The van der Waals surface area contributed by atoms with Crippen molar-refractivity contribution in [1.82, 2.24) is 20.4 Å². The Kier molecular flexibility index (Phi) is 5.96. The van der Waals surface area contributed by atoms with E-state index in [0.717, 1.165) is 4.68 Å². The van der Waals surface area contributed by atoms with Crippen molar-refractivity contribution < 1.29 is 22.7 Å². The number of nitrogens with one attached hydrogen (secondary N) is 2. The van der Waals surface area contributed by atoms with E-state index in [1.165, 1.54) is 19.5 Å². The molecule has 0 radical (unpaired) electrons. The van der Waals surface area contributed by atoms with E-state index in [4.69, 9.17) is 4.42 Å². The molecule has 0 bridgehead atoms. The zero-order chi connectivity index (χ0) is 19.4. The monoisotopic (exact) mass is 373 g/mol. The highest BCUT2D eigenvalue weighted by Crippen LogP contribution is 2.30. The first kappa shape index (κ1) is 19.8. The number of halogens is 3. The fourth-order valence-electron chi connectivity index (χ4n) is 2.33. The number of hydrogen-bond acceptors (Lipinski definition) is 4. The van der Waals surface area contributed by atoms with Crippen LogP contribution in [0.4, 0.5) is 13.2 Å². The molecule has 10 heteroatoms. The minimum absolute atomic E-state index is 0.0324. The summed E-state index contributed by atoms with van der Waals surface area (Å²) in [6.45, 7) is 3.75. The molecule has 2 aromatic rings. The van der Waals surface area contributed by atoms with Gasteiger partial charge in [-0.15, -0.1) is 0 Å². The van der Waals surface area contributed by atoms with E-state index >= 15 is 0 Å². The molecular weight excluding hydrogens is 351 g/mol. The molecule has 144 valence electrons. The van der Waals surface area contributed by atoms with Gasteiger partial charge in [0.2, 0.25) is 0 Å². The molecule has 7 nitrogen and oxygen atoms in total. The summed E-state index contributed by atoms with van der Waals surface area (Å²) in [5, 5.41) is 19.7. The van der Waals surface area contributed by atoms with Gasteiger partial charge in [0, 0.05) is 25.4 Å². The van der Waals surface area contributed by atoms with Crippen LogP contribution in [0, 0.1) is 0 Å². The largest absolute Gasteiger partial charge is 0.466 e. The van der Waals surface area contributed by atoms with Crippen LogP contribution in [0.3, 0.4) is 0 Å². The van der Waals surface area contributed by atoms with Gasteiger partial charge in [0.25, 0.3) is 0 Å². The van der Waals surface area contributed by atoms with Crippen LogP contribution in [-0.2, 0) is 25.4 Å². The third-order valence-electron chi connectivity index (χ3n) is 3.58. The molecule has 0 aromatic carbocycles. The highest BCUT2D eigenvalue weighted by Gasteiger charge is 2.36. The van der Waals surface area contributed by atoms with Gasteiger partial charge in [-0.3, -0.25) is 4.68 Å². The minimum Gasteiger partial charge on any atom is -0.466 e. The van der Waals surface area contributed by atoms with Crippen molar-refractivity contribution in [2.24, 2.45) is 12.0 Å². The van der Waals surface area contributed by atoms with Crippen molar-refractivity contribution in [3.8, 4) is 0 Å². The van der Waals surface area contributed by atoms with E-state index in [1.54, 1.807) is 19.1 Å². The lowest BCUT2D eigenvalue weighted by Gasteiger charge is -2.22. The summed E-state index contributed by atoms with van der Waals surface area (Å²) in [5.74, 6) is 0.642. The summed E-state index contributed by atoms with van der Waals surface area (Å²) in [4.78, 5) is 4.15. The molecule has 1 atom stereocenters. The predicted octanol–water partition coefficient (Wildman–Crippen LogP) is 1.99. The zero-order valence-corrected chi connectivity index (χ0v) is 14.8. The molecule has 0 aliphatic heterocycles. The van der Waals surface area contributed by atoms with Gasteiger partial charge in [-0.2, -0.15) is 18.3 Å². The Morgan fingerprint density at radius 3 is 2.69 bits per heavy atom. The van der Waals surface area contributed by atoms with Gasteiger partial charge in [0.1, 0.15) is 11.4 Å². The van der Waals surface area contributed by atoms with Crippen molar-refractivity contribution in [1.29, 1.82) is 0 Å². The van der Waals surface area contributed by atoms with Gasteiger partial charge in [-0.1, -0.05) is 0 Å². The molecule has 0 saturated carbocycles. The second-order valence-electron chi connectivity index (χ2n) is 5.97. The average molecular weight is 373 g/mol. The number of nitrogens with zero attached hydrogens (tertiary/aromatic N) is 3. The molecule has 26 heavy (non-hydrogen) atoms. The average Bonchev–Trinajstić information content (AvgIpc) is 3.19. The van der Waals surface area contributed by atoms with Gasteiger partial charge >= 0.3 is 6.18 Å². The number of aryl methyl sites for hydroxylation is 1. The second kappa shape index (κ2) is 7.81. The molecule has 0 aliphatic carbocycles. The molecule has 0 spiro atoms. The third kappa shape index (κ3) is 5.01. The van der Waals surface area contributed by atoms with Crippen molar-refractivity contribution in [2.45, 2.75) is 32.2 Å². The van der Waals surface area contributed by atoms with Gasteiger partial charge in [-0.25, -0.2) is 4.99 Å². The van der Waals surface area contributed by atoms with Crippen molar-refractivity contribution >= 4 is 5.96 Å². The van der Waals surface area contributed by atoms with E-state index < -0.39 is 17.5 Å². The Morgan fingerprint density at radius 1 is 1.38 bits per heavy atom. The van der Waals surface area contributed by atoms with Crippen LogP contribution in [0.25, 0.3) is 0 Å². The van der Waals surface area contributed by atoms with Crippen LogP contribution in [-0.4, -0.2) is 33.9 Å². The minimum atomic E-state index is -4.54. The summed E-state index contributed by atoms with van der Waals surface area (Å²) < 4.78 is 45.3. The Hall–Kier alpha value is -2.49. The maximum Gasteiger partial charge on any atom is 0.435 e. The fourth-order valence-corrected chi connectivity index (χ4v) is 2.33. The third-order valence-corrected chi connectivity index (χ3v) is 3.58. The number of hydrogen-bond donors (Lipinski definition) is 3. The molecule has 2 aromatic heterocycles. The SMILES string of the molecule is CCNC(=NCc1cn(C)nc1C(F)(F)F)NCC(C)(O)c1ccco1. The van der Waals surface area contributed by atoms with E-state index in [-0.39, 0.29) is 24.6 Å². The second-order valence-corrected chi connectivity index (χ2v) is 5.97. The molecule has 0 aliphatic rings. The highest BCUT2D eigenvalue weighted by atomic mass is 19.4. The molecular formula is C16H22F3N5O2. The molecule has 2 heterocycles. The van der Waals surface area contributed by atoms with Gasteiger partial charge in [0.05, 0.1) is 19.4 Å². The van der Waals surface area contributed by atoms with Gasteiger partial charge < -0.3 is 20.2 Å². The molecule has 0 saturated heterocycles. The van der Waals surface area contributed by atoms with Crippen LogP contribution in [0.15, 0.2) is 34.0 Å². The molecule has 0 fully saturated rings. The fraction of sp³-hybridized carbons (Fsp3) is 0.500. The number of aliphatic imine (C=N–C) groups is 1. The lowest BCUT2D eigenvalue weighted by molar-refractivity contribution is -0.142. The van der Waals surface area contributed by atoms with E-state index in [1.807, 2.05) is 6.92 Å². The van der Waals surface area contributed by atoms with Crippen molar-refractivity contribution in [3.05, 3.63) is 41.6 Å². The van der Waals surface area contributed by atoms with Crippen molar-refractivity contribution in [2.75, 3.05) is 13.1 Å². The first-order valence-electron chi connectivity index (χ1n) is 8.01. The van der Waals surface area contributed by atoms with E-state index in [0.29, 0.717) is 12.3 Å². The number of guanidine groups is 1. The number of aliphatic hydroxyl groups is 1. The topological polar surface area (TPSA) is 87.6 Å². The summed E-state index contributed by atoms with van der Waals surface area (Å²) in [6, 6.07) is 3.29. The Bertz CT molecular complexity index is 736.